The highest BCUT2D eigenvalue weighted by molar-refractivity contribution is 6.00. The van der Waals surface area contributed by atoms with Crippen molar-refractivity contribution in [2.45, 2.75) is 13.5 Å². The second kappa shape index (κ2) is 7.91. The SMILES string of the molecule is C[C@@H]1CN(C(=O)c2cn(Cc3ccccc3)nc2-c2ccccc2)C[C@H]1C(=O)O. The van der Waals surface area contributed by atoms with Crippen LogP contribution < -0.4 is 0 Å². The summed E-state index contributed by atoms with van der Waals surface area (Å²) in [6, 6.07) is 19.6. The normalized spacial score (nSPS) is 18.7. The van der Waals surface area contributed by atoms with Gasteiger partial charge >= 0.3 is 5.97 Å². The second-order valence-electron chi connectivity index (χ2n) is 7.57. The molecule has 0 unspecified atom stereocenters. The molecular formula is C23H23N3O3. The average molecular weight is 389 g/mol. The van der Waals surface area contributed by atoms with Crippen LogP contribution in [0.4, 0.5) is 0 Å². The quantitative estimate of drug-likeness (QED) is 0.726. The fraction of sp³-hybridized carbons (Fsp3) is 0.261. The van der Waals surface area contributed by atoms with Gasteiger partial charge in [-0.05, 0) is 11.5 Å². The highest BCUT2D eigenvalue weighted by Gasteiger charge is 2.38. The molecule has 1 amide bonds. The Bertz CT molecular complexity index is 1010. The third kappa shape index (κ3) is 3.92. The lowest BCUT2D eigenvalue weighted by Crippen LogP contribution is -2.30. The van der Waals surface area contributed by atoms with Crippen LogP contribution in [0, 0.1) is 11.8 Å². The smallest absolute Gasteiger partial charge is 0.308 e. The van der Waals surface area contributed by atoms with Gasteiger partial charge in [0.05, 0.1) is 18.0 Å². The van der Waals surface area contributed by atoms with Crippen LogP contribution in [-0.2, 0) is 11.3 Å². The number of aromatic nitrogens is 2. The molecule has 2 atom stereocenters. The molecular weight excluding hydrogens is 366 g/mol. The maximum absolute atomic E-state index is 13.3. The van der Waals surface area contributed by atoms with Crippen LogP contribution in [0.2, 0.25) is 0 Å². The van der Waals surface area contributed by atoms with Crippen LogP contribution in [0.25, 0.3) is 11.3 Å². The number of aliphatic carboxylic acids is 1. The Morgan fingerprint density at radius 2 is 1.69 bits per heavy atom. The summed E-state index contributed by atoms with van der Waals surface area (Å²) in [5.74, 6) is -1.62. The van der Waals surface area contributed by atoms with Gasteiger partial charge in [0, 0.05) is 24.8 Å². The summed E-state index contributed by atoms with van der Waals surface area (Å²) in [6.45, 7) is 3.10. The number of nitrogens with zero attached hydrogens (tertiary/aromatic N) is 3. The number of rotatable bonds is 5. The Labute approximate surface area is 169 Å². The molecule has 1 aliphatic heterocycles. The number of carbonyl (C=O) groups excluding carboxylic acids is 1. The molecule has 0 radical (unpaired) electrons. The first-order valence-electron chi connectivity index (χ1n) is 9.72. The monoisotopic (exact) mass is 389 g/mol. The molecule has 6 heteroatoms. The number of likely N-dealkylation sites (tertiary alicyclic amines) is 1. The number of hydrogen-bond donors (Lipinski definition) is 1. The lowest BCUT2D eigenvalue weighted by atomic mass is 9.99. The Morgan fingerprint density at radius 1 is 1.03 bits per heavy atom. The number of amides is 1. The van der Waals surface area contributed by atoms with E-state index in [2.05, 4.69) is 0 Å². The Balaban J connectivity index is 1.68. The maximum atomic E-state index is 13.3. The summed E-state index contributed by atoms with van der Waals surface area (Å²) in [5, 5.41) is 14.1. The summed E-state index contributed by atoms with van der Waals surface area (Å²) in [6.07, 6.45) is 1.77. The molecule has 1 aromatic heterocycles. The van der Waals surface area contributed by atoms with Gasteiger partial charge in [0.1, 0.15) is 5.69 Å². The number of carboxylic acid groups (broad SMARTS) is 1. The molecule has 0 aliphatic carbocycles. The summed E-state index contributed by atoms with van der Waals surface area (Å²) < 4.78 is 1.78. The van der Waals surface area contributed by atoms with Crippen molar-refractivity contribution >= 4 is 11.9 Å². The number of benzene rings is 2. The van der Waals surface area contributed by atoms with Crippen LogP contribution in [0.15, 0.2) is 66.9 Å². The Hall–Kier alpha value is -3.41. The largest absolute Gasteiger partial charge is 0.481 e. The van der Waals surface area contributed by atoms with E-state index in [1.807, 2.05) is 67.6 Å². The minimum Gasteiger partial charge on any atom is -0.481 e. The van der Waals surface area contributed by atoms with E-state index < -0.39 is 11.9 Å². The molecule has 0 bridgehead atoms. The standard InChI is InChI=1S/C23H23N3O3/c1-16-12-25(14-19(16)23(28)29)22(27)20-15-26(13-17-8-4-2-5-9-17)24-21(20)18-10-6-3-7-11-18/h2-11,15-16,19H,12-14H2,1H3,(H,28,29)/t16-,19-/m1/s1. The highest BCUT2D eigenvalue weighted by atomic mass is 16.4. The van der Waals surface area contributed by atoms with Gasteiger partial charge in [0.2, 0.25) is 0 Å². The Kier molecular flexibility index (Phi) is 5.16. The fourth-order valence-corrected chi connectivity index (χ4v) is 3.86. The molecule has 29 heavy (non-hydrogen) atoms. The van der Waals surface area contributed by atoms with Gasteiger partial charge < -0.3 is 10.0 Å². The van der Waals surface area contributed by atoms with Crippen molar-refractivity contribution < 1.29 is 14.7 Å². The maximum Gasteiger partial charge on any atom is 0.308 e. The minimum absolute atomic E-state index is 0.0732. The number of carboxylic acids is 1. The van der Waals surface area contributed by atoms with Gasteiger partial charge in [-0.1, -0.05) is 67.6 Å². The zero-order valence-corrected chi connectivity index (χ0v) is 16.2. The van der Waals surface area contributed by atoms with Gasteiger partial charge in [-0.15, -0.1) is 0 Å². The van der Waals surface area contributed by atoms with Crippen LogP contribution in [0.1, 0.15) is 22.8 Å². The molecule has 0 spiro atoms. The average Bonchev–Trinajstić information content (AvgIpc) is 3.33. The molecule has 4 rings (SSSR count). The Morgan fingerprint density at radius 3 is 2.31 bits per heavy atom. The molecule has 6 nitrogen and oxygen atoms in total. The molecule has 1 fully saturated rings. The van der Waals surface area contributed by atoms with E-state index in [0.29, 0.717) is 24.3 Å². The van der Waals surface area contributed by atoms with Crippen LogP contribution in [0.3, 0.4) is 0 Å². The van der Waals surface area contributed by atoms with Crippen molar-refractivity contribution in [2.24, 2.45) is 11.8 Å². The van der Waals surface area contributed by atoms with Crippen LogP contribution >= 0.6 is 0 Å². The zero-order chi connectivity index (χ0) is 20.4. The van der Waals surface area contributed by atoms with E-state index >= 15 is 0 Å². The van der Waals surface area contributed by atoms with E-state index in [1.54, 1.807) is 15.8 Å². The van der Waals surface area contributed by atoms with Crippen LogP contribution in [-0.4, -0.2) is 44.8 Å². The van der Waals surface area contributed by atoms with Crippen molar-refractivity contribution in [3.63, 3.8) is 0 Å². The molecule has 2 aromatic carbocycles. The molecule has 3 aromatic rings. The topological polar surface area (TPSA) is 75.4 Å². The van der Waals surface area contributed by atoms with E-state index in [0.717, 1.165) is 11.1 Å². The minimum atomic E-state index is -0.851. The van der Waals surface area contributed by atoms with Gasteiger partial charge in [-0.2, -0.15) is 5.10 Å². The molecule has 1 aliphatic rings. The molecule has 0 saturated carbocycles. The summed E-state index contributed by atoms with van der Waals surface area (Å²) in [4.78, 5) is 26.4. The van der Waals surface area contributed by atoms with Gasteiger partial charge in [0.25, 0.3) is 5.91 Å². The zero-order valence-electron chi connectivity index (χ0n) is 16.2. The van der Waals surface area contributed by atoms with Gasteiger partial charge in [-0.25, -0.2) is 0 Å². The van der Waals surface area contributed by atoms with E-state index in [-0.39, 0.29) is 18.4 Å². The van der Waals surface area contributed by atoms with Crippen molar-refractivity contribution in [1.82, 2.24) is 14.7 Å². The third-order valence-electron chi connectivity index (χ3n) is 5.44. The first kappa shape index (κ1) is 18.9. The number of carbonyl (C=O) groups is 2. The molecule has 148 valence electrons. The first-order valence-corrected chi connectivity index (χ1v) is 9.72. The third-order valence-corrected chi connectivity index (χ3v) is 5.44. The second-order valence-corrected chi connectivity index (χ2v) is 7.57. The summed E-state index contributed by atoms with van der Waals surface area (Å²) in [7, 11) is 0. The fourth-order valence-electron chi connectivity index (χ4n) is 3.86. The van der Waals surface area contributed by atoms with E-state index in [4.69, 9.17) is 5.10 Å². The van der Waals surface area contributed by atoms with E-state index in [1.165, 1.54) is 0 Å². The predicted octanol–water partition coefficient (Wildman–Crippen LogP) is 3.39. The van der Waals surface area contributed by atoms with Gasteiger partial charge in [-0.3, -0.25) is 14.3 Å². The number of hydrogen-bond acceptors (Lipinski definition) is 3. The first-order chi connectivity index (χ1) is 14.0. The predicted molar refractivity (Wildman–Crippen MR) is 109 cm³/mol. The van der Waals surface area contributed by atoms with Crippen molar-refractivity contribution in [2.75, 3.05) is 13.1 Å². The van der Waals surface area contributed by atoms with Crippen LogP contribution in [0.5, 0.6) is 0 Å². The lowest BCUT2D eigenvalue weighted by Gasteiger charge is -2.15. The molecule has 1 saturated heterocycles. The van der Waals surface area contributed by atoms with E-state index in [9.17, 15) is 14.7 Å². The highest BCUT2D eigenvalue weighted by Crippen LogP contribution is 2.28. The molecule has 1 N–H and O–H groups in total. The van der Waals surface area contributed by atoms with Gasteiger partial charge in [0.15, 0.2) is 0 Å². The lowest BCUT2D eigenvalue weighted by molar-refractivity contribution is -0.142. The van der Waals surface area contributed by atoms with Crippen molar-refractivity contribution in [3.8, 4) is 11.3 Å². The van der Waals surface area contributed by atoms with Crippen molar-refractivity contribution in [3.05, 3.63) is 78.0 Å². The summed E-state index contributed by atoms with van der Waals surface area (Å²) >= 11 is 0. The molecule has 2 heterocycles. The van der Waals surface area contributed by atoms with Crippen molar-refractivity contribution in [1.29, 1.82) is 0 Å². The summed E-state index contributed by atoms with van der Waals surface area (Å²) in [5.41, 5.74) is 3.09.